The molecule has 0 spiro atoms. The van der Waals surface area contributed by atoms with Gasteiger partial charge in [0.05, 0.1) is 6.20 Å². The van der Waals surface area contributed by atoms with Crippen LogP contribution in [0.4, 0.5) is 0 Å². The second-order valence-corrected chi connectivity index (χ2v) is 5.01. The third-order valence-corrected chi connectivity index (χ3v) is 3.54. The Kier molecular flexibility index (Phi) is 4.70. The van der Waals surface area contributed by atoms with Crippen LogP contribution in [0.2, 0.25) is 0 Å². The number of carboxylic acid groups (broad SMARTS) is 1. The van der Waals surface area contributed by atoms with Crippen molar-refractivity contribution in [3.63, 3.8) is 0 Å². The third-order valence-electron chi connectivity index (χ3n) is 3.54. The monoisotopic (exact) mass is 281 g/mol. The lowest BCUT2D eigenvalue weighted by atomic mass is 9.98. The second-order valence-electron chi connectivity index (χ2n) is 5.01. The van der Waals surface area contributed by atoms with Crippen LogP contribution in [0.15, 0.2) is 6.20 Å². The first-order valence-electron chi connectivity index (χ1n) is 6.97. The van der Waals surface area contributed by atoms with E-state index in [0.29, 0.717) is 6.42 Å². The molecule has 2 rings (SSSR count). The van der Waals surface area contributed by atoms with E-state index in [-0.39, 0.29) is 17.8 Å². The molecule has 1 atom stereocenters. The second kappa shape index (κ2) is 6.49. The molecule has 0 aromatic carbocycles. The van der Waals surface area contributed by atoms with Crippen LogP contribution in [-0.2, 0) is 9.53 Å². The van der Waals surface area contributed by atoms with Crippen molar-refractivity contribution in [2.75, 3.05) is 0 Å². The molecule has 0 saturated heterocycles. The topological polar surface area (TPSA) is 94.3 Å². The van der Waals surface area contributed by atoms with E-state index in [1.54, 1.807) is 0 Å². The Labute approximate surface area is 116 Å². The summed E-state index contributed by atoms with van der Waals surface area (Å²) in [6.45, 7) is 1.83. The number of rotatable bonds is 5. The predicted molar refractivity (Wildman–Crippen MR) is 69.3 cm³/mol. The van der Waals surface area contributed by atoms with E-state index in [1.807, 2.05) is 6.92 Å². The highest BCUT2D eigenvalue weighted by atomic mass is 16.5. The molecule has 1 N–H and O–H groups in total. The Balaban J connectivity index is 2.02. The summed E-state index contributed by atoms with van der Waals surface area (Å²) in [5, 5.41) is 16.0. The number of ether oxygens (including phenoxy) is 1. The number of hydrogen-bond donors (Lipinski definition) is 1. The molecule has 1 aromatic heterocycles. The minimum atomic E-state index is -1.16. The summed E-state index contributed by atoms with van der Waals surface area (Å²) in [5.74, 6) is -1.52. The van der Waals surface area contributed by atoms with Crippen LogP contribution in [-0.4, -0.2) is 38.1 Å². The summed E-state index contributed by atoms with van der Waals surface area (Å²) in [7, 11) is 0. The number of carbonyl (C=O) groups is 2. The summed E-state index contributed by atoms with van der Waals surface area (Å²) < 4.78 is 6.77. The van der Waals surface area contributed by atoms with Gasteiger partial charge in [-0.1, -0.05) is 18.6 Å². The van der Waals surface area contributed by atoms with Crippen LogP contribution in [0.25, 0.3) is 0 Å². The van der Waals surface area contributed by atoms with Gasteiger partial charge in [-0.3, -0.25) is 0 Å². The SMILES string of the molecule is CCC(C(=O)OC1CCCCC1)n1cc(C(=O)O)nn1. The number of carboxylic acids is 1. The van der Waals surface area contributed by atoms with Gasteiger partial charge in [-0.25, -0.2) is 14.3 Å². The molecule has 1 fully saturated rings. The van der Waals surface area contributed by atoms with Crippen LogP contribution in [0, 0.1) is 0 Å². The van der Waals surface area contributed by atoms with Crippen LogP contribution < -0.4 is 0 Å². The third kappa shape index (κ3) is 3.34. The van der Waals surface area contributed by atoms with Crippen LogP contribution >= 0.6 is 0 Å². The van der Waals surface area contributed by atoms with Crippen molar-refractivity contribution in [2.24, 2.45) is 0 Å². The van der Waals surface area contributed by atoms with Gasteiger partial charge < -0.3 is 9.84 Å². The van der Waals surface area contributed by atoms with Gasteiger partial charge in [0, 0.05) is 0 Å². The quantitative estimate of drug-likeness (QED) is 0.827. The number of carbonyl (C=O) groups excluding carboxylic acids is 1. The molecule has 7 nitrogen and oxygen atoms in total. The standard InChI is InChI=1S/C13H19N3O4/c1-2-11(16-8-10(12(17)18)14-15-16)13(19)20-9-6-4-3-5-7-9/h8-9,11H,2-7H2,1H3,(H,17,18). The van der Waals surface area contributed by atoms with E-state index >= 15 is 0 Å². The van der Waals surface area contributed by atoms with Crippen molar-refractivity contribution in [2.45, 2.75) is 57.6 Å². The Morgan fingerprint density at radius 1 is 1.45 bits per heavy atom. The van der Waals surface area contributed by atoms with Gasteiger partial charge in [0.15, 0.2) is 11.7 Å². The van der Waals surface area contributed by atoms with E-state index in [0.717, 1.165) is 25.7 Å². The van der Waals surface area contributed by atoms with Crippen molar-refractivity contribution in [1.29, 1.82) is 0 Å². The minimum Gasteiger partial charge on any atom is -0.476 e. The molecule has 20 heavy (non-hydrogen) atoms. The lowest BCUT2D eigenvalue weighted by Crippen LogP contribution is -2.28. The number of hydrogen-bond acceptors (Lipinski definition) is 5. The zero-order valence-corrected chi connectivity index (χ0v) is 11.5. The van der Waals surface area contributed by atoms with Gasteiger partial charge >= 0.3 is 11.9 Å². The Hall–Kier alpha value is -1.92. The summed E-state index contributed by atoms with van der Waals surface area (Å²) in [4.78, 5) is 22.9. The van der Waals surface area contributed by atoms with Crippen molar-refractivity contribution < 1.29 is 19.4 Å². The van der Waals surface area contributed by atoms with Crippen molar-refractivity contribution in [3.05, 3.63) is 11.9 Å². The summed E-state index contributed by atoms with van der Waals surface area (Å²) in [6, 6.07) is -0.613. The van der Waals surface area contributed by atoms with E-state index in [1.165, 1.54) is 17.3 Å². The molecule has 1 aromatic rings. The van der Waals surface area contributed by atoms with Crippen molar-refractivity contribution >= 4 is 11.9 Å². The lowest BCUT2D eigenvalue weighted by Gasteiger charge is -2.24. The fourth-order valence-electron chi connectivity index (χ4n) is 2.41. The smallest absolute Gasteiger partial charge is 0.358 e. The van der Waals surface area contributed by atoms with E-state index in [4.69, 9.17) is 9.84 Å². The first-order valence-corrected chi connectivity index (χ1v) is 6.97. The van der Waals surface area contributed by atoms with Gasteiger partial charge in [-0.15, -0.1) is 5.10 Å². The molecule has 7 heteroatoms. The number of aromatic nitrogens is 3. The van der Waals surface area contributed by atoms with Crippen LogP contribution in [0.3, 0.4) is 0 Å². The minimum absolute atomic E-state index is 0.0206. The van der Waals surface area contributed by atoms with Gasteiger partial charge in [-0.2, -0.15) is 0 Å². The molecule has 110 valence electrons. The molecule has 1 heterocycles. The highest BCUT2D eigenvalue weighted by molar-refractivity contribution is 5.84. The number of esters is 1. The number of aromatic carboxylic acids is 1. The molecule has 0 aliphatic heterocycles. The maximum Gasteiger partial charge on any atom is 0.358 e. The molecular weight excluding hydrogens is 262 g/mol. The Morgan fingerprint density at radius 2 is 2.15 bits per heavy atom. The largest absolute Gasteiger partial charge is 0.476 e. The first kappa shape index (κ1) is 14.5. The highest BCUT2D eigenvalue weighted by Gasteiger charge is 2.26. The lowest BCUT2D eigenvalue weighted by molar-refractivity contribution is -0.155. The fraction of sp³-hybridized carbons (Fsp3) is 0.692. The zero-order chi connectivity index (χ0) is 14.5. The zero-order valence-electron chi connectivity index (χ0n) is 11.5. The Bertz CT molecular complexity index is 480. The highest BCUT2D eigenvalue weighted by Crippen LogP contribution is 2.23. The van der Waals surface area contributed by atoms with Crippen LogP contribution in [0.1, 0.15) is 62.0 Å². The summed E-state index contributed by atoms with van der Waals surface area (Å²) >= 11 is 0. The van der Waals surface area contributed by atoms with E-state index in [9.17, 15) is 9.59 Å². The molecule has 0 radical (unpaired) electrons. The molecule has 1 saturated carbocycles. The van der Waals surface area contributed by atoms with Gasteiger partial charge in [-0.05, 0) is 32.1 Å². The van der Waals surface area contributed by atoms with E-state index in [2.05, 4.69) is 10.3 Å². The average Bonchev–Trinajstić information content (AvgIpc) is 2.90. The molecule has 0 amide bonds. The number of nitrogens with zero attached hydrogens (tertiary/aromatic N) is 3. The van der Waals surface area contributed by atoms with Crippen molar-refractivity contribution in [1.82, 2.24) is 15.0 Å². The molecule has 1 aliphatic rings. The molecular formula is C13H19N3O4. The maximum atomic E-state index is 12.2. The van der Waals surface area contributed by atoms with Gasteiger partial charge in [0.1, 0.15) is 6.10 Å². The Morgan fingerprint density at radius 3 is 2.70 bits per heavy atom. The average molecular weight is 281 g/mol. The summed E-state index contributed by atoms with van der Waals surface area (Å²) in [6.07, 6.45) is 6.89. The van der Waals surface area contributed by atoms with Crippen LogP contribution in [0.5, 0.6) is 0 Å². The van der Waals surface area contributed by atoms with Gasteiger partial charge in [0.2, 0.25) is 0 Å². The fourth-order valence-corrected chi connectivity index (χ4v) is 2.41. The van der Waals surface area contributed by atoms with E-state index < -0.39 is 12.0 Å². The van der Waals surface area contributed by atoms with Crippen molar-refractivity contribution in [3.8, 4) is 0 Å². The predicted octanol–water partition coefficient (Wildman–Crippen LogP) is 1.80. The molecule has 0 bridgehead atoms. The summed E-state index contributed by atoms with van der Waals surface area (Å²) in [5.41, 5.74) is -0.172. The molecule has 1 unspecified atom stereocenters. The molecule has 1 aliphatic carbocycles. The normalized spacial score (nSPS) is 17.6. The van der Waals surface area contributed by atoms with Gasteiger partial charge in [0.25, 0.3) is 0 Å². The first-order chi connectivity index (χ1) is 9.61. The maximum absolute atomic E-state index is 12.2.